The summed E-state index contributed by atoms with van der Waals surface area (Å²) in [6, 6.07) is 16.7. The molecule has 0 amide bonds. The molecule has 4 rings (SSSR count). The number of halogens is 3. The van der Waals surface area contributed by atoms with Gasteiger partial charge in [-0.15, -0.1) is 0 Å². The third-order valence-electron chi connectivity index (χ3n) is 4.63. The topological polar surface area (TPSA) is 24.4 Å². The number of aliphatic imine (C=N–C) groups is 1. The summed E-state index contributed by atoms with van der Waals surface area (Å²) in [7, 11) is 0. The maximum Gasteiger partial charge on any atom is 0.123 e. The molecule has 5 heteroatoms. The Morgan fingerprint density at radius 3 is 2.11 bits per heavy atom. The van der Waals surface area contributed by atoms with E-state index in [1.54, 1.807) is 36.5 Å². The first-order valence-corrected chi connectivity index (χ1v) is 8.93. The molecule has 28 heavy (non-hydrogen) atoms. The molecule has 0 bridgehead atoms. The van der Waals surface area contributed by atoms with E-state index in [1.807, 2.05) is 0 Å². The Hall–Kier alpha value is -3.34. The quantitative estimate of drug-likeness (QED) is 0.531. The van der Waals surface area contributed by atoms with Crippen molar-refractivity contribution in [2.45, 2.75) is 12.8 Å². The van der Waals surface area contributed by atoms with Crippen LogP contribution < -0.4 is 5.32 Å². The largest absolute Gasteiger partial charge is 0.355 e. The van der Waals surface area contributed by atoms with Gasteiger partial charge < -0.3 is 5.32 Å². The molecule has 3 aromatic rings. The van der Waals surface area contributed by atoms with Gasteiger partial charge in [0.1, 0.15) is 17.5 Å². The van der Waals surface area contributed by atoms with Crippen molar-refractivity contribution in [3.05, 3.63) is 101 Å². The Balaban J connectivity index is 1.74. The lowest BCUT2D eigenvalue weighted by Crippen LogP contribution is -2.12. The second-order valence-corrected chi connectivity index (χ2v) is 6.57. The maximum atomic E-state index is 13.7. The van der Waals surface area contributed by atoms with E-state index in [-0.39, 0.29) is 17.5 Å². The maximum absolute atomic E-state index is 13.7. The molecule has 1 aliphatic rings. The number of hydrogen-bond donors (Lipinski definition) is 1. The highest BCUT2D eigenvalue weighted by Gasteiger charge is 2.19. The first-order valence-electron chi connectivity index (χ1n) is 8.93. The first-order chi connectivity index (χ1) is 13.6. The molecule has 2 nitrogen and oxygen atoms in total. The Bertz CT molecular complexity index is 1050. The first kappa shape index (κ1) is 18.0. The van der Waals surface area contributed by atoms with Gasteiger partial charge in [-0.1, -0.05) is 0 Å². The lowest BCUT2D eigenvalue weighted by molar-refractivity contribution is 0.624. The van der Waals surface area contributed by atoms with Crippen LogP contribution in [0.3, 0.4) is 0 Å². The molecule has 1 N–H and O–H groups in total. The fraction of sp³-hybridized carbons (Fsp3) is 0.0870. The molecule has 140 valence electrons. The van der Waals surface area contributed by atoms with E-state index in [0.29, 0.717) is 18.5 Å². The fourth-order valence-electron chi connectivity index (χ4n) is 3.21. The summed E-state index contributed by atoms with van der Waals surface area (Å²) < 4.78 is 40.0. The van der Waals surface area contributed by atoms with Crippen LogP contribution in [0.1, 0.15) is 17.5 Å². The highest BCUT2D eigenvalue weighted by molar-refractivity contribution is 5.97. The second kappa shape index (κ2) is 7.72. The van der Waals surface area contributed by atoms with Crippen LogP contribution in [-0.4, -0.2) is 6.21 Å². The van der Waals surface area contributed by atoms with Crippen LogP contribution in [-0.2, 0) is 6.42 Å². The van der Waals surface area contributed by atoms with Crippen LogP contribution in [0.25, 0.3) is 5.70 Å². The number of anilines is 1. The second-order valence-electron chi connectivity index (χ2n) is 6.57. The van der Waals surface area contributed by atoms with Crippen LogP contribution in [0, 0.1) is 17.5 Å². The SMILES string of the molecule is Fc1ccc(N=CC2=C(Nc3ccc(F)cc3)c3ccc(F)cc3CC2)cc1. The van der Waals surface area contributed by atoms with Gasteiger partial charge in [-0.2, -0.15) is 0 Å². The van der Waals surface area contributed by atoms with Gasteiger partial charge in [0.2, 0.25) is 0 Å². The number of allylic oxidation sites excluding steroid dienone is 1. The van der Waals surface area contributed by atoms with Gasteiger partial charge in [-0.25, -0.2) is 13.2 Å². The molecule has 3 aromatic carbocycles. The van der Waals surface area contributed by atoms with Crippen LogP contribution in [0.4, 0.5) is 24.5 Å². The van der Waals surface area contributed by atoms with E-state index >= 15 is 0 Å². The lowest BCUT2D eigenvalue weighted by atomic mass is 9.89. The van der Waals surface area contributed by atoms with Crippen molar-refractivity contribution < 1.29 is 13.2 Å². The zero-order chi connectivity index (χ0) is 19.5. The molecule has 0 fully saturated rings. The zero-order valence-electron chi connectivity index (χ0n) is 14.9. The van der Waals surface area contributed by atoms with Crippen molar-refractivity contribution in [2.75, 3.05) is 5.32 Å². The number of aryl methyl sites for hydroxylation is 1. The van der Waals surface area contributed by atoms with Crippen molar-refractivity contribution in [3.63, 3.8) is 0 Å². The summed E-state index contributed by atoms with van der Waals surface area (Å²) >= 11 is 0. The fourth-order valence-corrected chi connectivity index (χ4v) is 3.21. The van der Waals surface area contributed by atoms with Gasteiger partial charge in [0.25, 0.3) is 0 Å². The van der Waals surface area contributed by atoms with Crippen molar-refractivity contribution in [1.82, 2.24) is 0 Å². The number of fused-ring (bicyclic) bond motifs is 1. The third-order valence-corrected chi connectivity index (χ3v) is 4.63. The molecule has 0 saturated carbocycles. The Labute approximate surface area is 161 Å². The lowest BCUT2D eigenvalue weighted by Gasteiger charge is -2.23. The van der Waals surface area contributed by atoms with Gasteiger partial charge in [0.15, 0.2) is 0 Å². The summed E-state index contributed by atoms with van der Waals surface area (Å²) in [4.78, 5) is 4.44. The molecule has 0 heterocycles. The Morgan fingerprint density at radius 2 is 1.39 bits per heavy atom. The number of benzene rings is 3. The molecule has 0 spiro atoms. The zero-order valence-corrected chi connectivity index (χ0v) is 14.9. The van der Waals surface area contributed by atoms with Crippen LogP contribution in [0.15, 0.2) is 77.3 Å². The predicted octanol–water partition coefficient (Wildman–Crippen LogP) is 6.28. The average molecular weight is 378 g/mol. The average Bonchev–Trinajstić information content (AvgIpc) is 2.70. The number of nitrogens with one attached hydrogen (secondary N) is 1. The van der Waals surface area contributed by atoms with Gasteiger partial charge in [0.05, 0.1) is 11.4 Å². The Morgan fingerprint density at radius 1 is 0.750 bits per heavy atom. The van der Waals surface area contributed by atoms with Crippen molar-refractivity contribution in [3.8, 4) is 0 Å². The van der Waals surface area contributed by atoms with Crippen LogP contribution in [0.2, 0.25) is 0 Å². The van der Waals surface area contributed by atoms with E-state index in [9.17, 15) is 13.2 Å². The standard InChI is InChI=1S/C23H17F3N2/c24-17-3-8-20(9-4-17)27-14-16-2-1-15-13-19(26)7-12-22(15)23(16)28-21-10-5-18(25)6-11-21/h3-14,28H,1-2H2. The van der Waals surface area contributed by atoms with E-state index in [0.717, 1.165) is 28.1 Å². The highest BCUT2D eigenvalue weighted by Crippen LogP contribution is 2.32. The molecule has 0 aromatic heterocycles. The monoisotopic (exact) mass is 378 g/mol. The molecule has 0 aliphatic heterocycles. The third kappa shape index (κ3) is 3.98. The van der Waals surface area contributed by atoms with Crippen LogP contribution in [0.5, 0.6) is 0 Å². The summed E-state index contributed by atoms with van der Waals surface area (Å²) in [5, 5.41) is 3.32. The minimum absolute atomic E-state index is 0.275. The molecule has 0 saturated heterocycles. The number of nitrogens with zero attached hydrogens (tertiary/aromatic N) is 1. The summed E-state index contributed by atoms with van der Waals surface area (Å²) in [6.45, 7) is 0. The molecule has 1 aliphatic carbocycles. The number of hydrogen-bond acceptors (Lipinski definition) is 2. The highest BCUT2D eigenvalue weighted by atomic mass is 19.1. The van der Waals surface area contributed by atoms with Gasteiger partial charge in [-0.05, 0) is 90.7 Å². The summed E-state index contributed by atoms with van der Waals surface area (Å²) in [5.41, 5.74) is 4.90. The summed E-state index contributed by atoms with van der Waals surface area (Å²) in [6.07, 6.45) is 3.10. The van der Waals surface area contributed by atoms with Crippen molar-refractivity contribution in [2.24, 2.45) is 4.99 Å². The minimum atomic E-state index is -0.316. The molecule has 0 atom stereocenters. The van der Waals surface area contributed by atoms with E-state index < -0.39 is 0 Å². The predicted molar refractivity (Wildman–Crippen MR) is 106 cm³/mol. The molecular weight excluding hydrogens is 361 g/mol. The number of rotatable bonds is 4. The van der Waals surface area contributed by atoms with E-state index in [1.165, 1.54) is 36.4 Å². The smallest absolute Gasteiger partial charge is 0.123 e. The normalized spacial score (nSPS) is 13.7. The summed E-state index contributed by atoms with van der Waals surface area (Å²) in [5.74, 6) is -0.905. The van der Waals surface area contributed by atoms with Gasteiger partial charge in [0, 0.05) is 17.5 Å². The van der Waals surface area contributed by atoms with E-state index in [2.05, 4.69) is 10.3 Å². The van der Waals surface area contributed by atoms with Crippen molar-refractivity contribution in [1.29, 1.82) is 0 Å². The Kier molecular flexibility index (Phi) is 4.98. The molecular formula is C23H17F3N2. The minimum Gasteiger partial charge on any atom is -0.355 e. The van der Waals surface area contributed by atoms with E-state index in [4.69, 9.17) is 0 Å². The van der Waals surface area contributed by atoms with Crippen LogP contribution >= 0.6 is 0 Å². The molecule has 0 radical (unpaired) electrons. The van der Waals surface area contributed by atoms with Crippen molar-refractivity contribution >= 4 is 23.3 Å². The van der Waals surface area contributed by atoms with Gasteiger partial charge >= 0.3 is 0 Å². The molecule has 0 unspecified atom stereocenters. The van der Waals surface area contributed by atoms with Gasteiger partial charge in [-0.3, -0.25) is 4.99 Å².